The van der Waals surface area contributed by atoms with E-state index in [-0.39, 0.29) is 5.56 Å². The maximum absolute atomic E-state index is 13.2. The zero-order valence-electron chi connectivity index (χ0n) is 13.2. The molecule has 1 atom stereocenters. The third-order valence-corrected chi connectivity index (χ3v) is 2.77. The Morgan fingerprint density at radius 2 is 1.83 bits per heavy atom. The lowest BCUT2D eigenvalue weighted by Gasteiger charge is -2.22. The van der Waals surface area contributed by atoms with Gasteiger partial charge in [0.1, 0.15) is 17.5 Å². The van der Waals surface area contributed by atoms with E-state index in [4.69, 9.17) is 9.84 Å². The van der Waals surface area contributed by atoms with Gasteiger partial charge >= 0.3 is 18.2 Å². The third-order valence-electron chi connectivity index (χ3n) is 2.77. The molecule has 1 aromatic rings. The maximum Gasteiger partial charge on any atom is 0.419 e. The van der Waals surface area contributed by atoms with Gasteiger partial charge in [0.2, 0.25) is 0 Å². The lowest BCUT2D eigenvalue weighted by Crippen LogP contribution is -2.44. The summed E-state index contributed by atoms with van der Waals surface area (Å²) in [4.78, 5) is 22.8. The van der Waals surface area contributed by atoms with Gasteiger partial charge in [-0.15, -0.1) is 0 Å². The van der Waals surface area contributed by atoms with Gasteiger partial charge in [-0.2, -0.15) is 13.2 Å². The molecule has 5 nitrogen and oxygen atoms in total. The molecule has 0 spiro atoms. The van der Waals surface area contributed by atoms with E-state index in [1.54, 1.807) is 20.8 Å². The number of alkyl carbamates (subject to hydrolysis) is 1. The largest absolute Gasteiger partial charge is 0.480 e. The number of alkyl halides is 3. The van der Waals surface area contributed by atoms with Gasteiger partial charge in [0.25, 0.3) is 0 Å². The van der Waals surface area contributed by atoms with Crippen molar-refractivity contribution in [3.05, 3.63) is 35.1 Å². The van der Waals surface area contributed by atoms with Crippen LogP contribution >= 0.6 is 0 Å². The molecule has 2 N–H and O–H groups in total. The highest BCUT2D eigenvalue weighted by Gasteiger charge is 2.34. The van der Waals surface area contributed by atoms with Crippen LogP contribution in [0.2, 0.25) is 0 Å². The van der Waals surface area contributed by atoms with Crippen LogP contribution in [0.4, 0.5) is 22.4 Å². The average molecular weight is 351 g/mol. The summed E-state index contributed by atoms with van der Waals surface area (Å²) < 4.78 is 56.2. The fourth-order valence-electron chi connectivity index (χ4n) is 1.80. The summed E-state index contributed by atoms with van der Waals surface area (Å²) in [6.07, 6.45) is -6.39. The van der Waals surface area contributed by atoms with Crippen molar-refractivity contribution in [3.8, 4) is 0 Å². The van der Waals surface area contributed by atoms with Crippen LogP contribution in [0.5, 0.6) is 0 Å². The molecule has 0 aliphatic heterocycles. The molecule has 1 amide bonds. The number of hydrogen-bond acceptors (Lipinski definition) is 3. The van der Waals surface area contributed by atoms with Crippen LogP contribution in [-0.4, -0.2) is 28.8 Å². The van der Waals surface area contributed by atoms with E-state index >= 15 is 0 Å². The number of aliphatic carboxylic acids is 1. The Hall–Kier alpha value is -2.32. The van der Waals surface area contributed by atoms with Crippen molar-refractivity contribution < 1.29 is 37.0 Å². The molecule has 0 aromatic heterocycles. The first-order valence-corrected chi connectivity index (χ1v) is 6.87. The standard InChI is InChI=1S/C15H17F4NO4/c1-14(2,3)24-13(23)20-11(12(21)22)7-8-4-5-10(16)9(6-8)15(17,18)19/h4-6,11H,7H2,1-3H3,(H,20,23)(H,21,22). The molecule has 0 aliphatic carbocycles. The highest BCUT2D eigenvalue weighted by atomic mass is 19.4. The zero-order valence-corrected chi connectivity index (χ0v) is 13.2. The van der Waals surface area contributed by atoms with Crippen molar-refractivity contribution in [3.63, 3.8) is 0 Å². The van der Waals surface area contributed by atoms with Crippen molar-refractivity contribution in [1.29, 1.82) is 0 Å². The summed E-state index contributed by atoms with van der Waals surface area (Å²) >= 11 is 0. The lowest BCUT2D eigenvalue weighted by molar-refractivity contribution is -0.140. The van der Waals surface area contributed by atoms with Crippen LogP contribution in [-0.2, 0) is 22.1 Å². The predicted octanol–water partition coefficient (Wildman–Crippen LogP) is 3.36. The first-order chi connectivity index (χ1) is 10.8. The number of hydrogen-bond donors (Lipinski definition) is 2. The number of halogens is 4. The smallest absolute Gasteiger partial charge is 0.419 e. The van der Waals surface area contributed by atoms with Crippen molar-refractivity contribution in [2.75, 3.05) is 0 Å². The number of nitrogens with one attached hydrogen (secondary N) is 1. The van der Waals surface area contributed by atoms with Gasteiger partial charge in [-0.1, -0.05) is 6.07 Å². The van der Waals surface area contributed by atoms with E-state index in [2.05, 4.69) is 5.32 Å². The maximum atomic E-state index is 13.2. The molecule has 0 radical (unpaired) electrons. The molecule has 9 heteroatoms. The molecule has 0 aliphatic rings. The minimum absolute atomic E-state index is 0.0906. The van der Waals surface area contributed by atoms with Crippen molar-refractivity contribution in [2.45, 2.75) is 45.0 Å². The first-order valence-electron chi connectivity index (χ1n) is 6.87. The number of carbonyl (C=O) groups excluding carboxylic acids is 1. The van der Waals surface area contributed by atoms with Crippen LogP contribution < -0.4 is 5.32 Å². The Bertz CT molecular complexity index is 623. The quantitative estimate of drug-likeness (QED) is 0.816. The normalized spacial score (nSPS) is 13.3. The lowest BCUT2D eigenvalue weighted by atomic mass is 10.0. The van der Waals surface area contributed by atoms with Crippen LogP contribution in [0.15, 0.2) is 18.2 Å². The Kier molecular flexibility index (Phi) is 5.80. The van der Waals surface area contributed by atoms with Crippen molar-refractivity contribution >= 4 is 12.1 Å². The highest BCUT2D eigenvalue weighted by Crippen LogP contribution is 2.32. The van der Waals surface area contributed by atoms with E-state index in [0.29, 0.717) is 12.1 Å². The number of benzene rings is 1. The Labute approximate surface area is 135 Å². The molecule has 0 saturated carbocycles. The average Bonchev–Trinajstić information content (AvgIpc) is 2.36. The van der Waals surface area contributed by atoms with Gasteiger partial charge in [-0.25, -0.2) is 14.0 Å². The van der Waals surface area contributed by atoms with Gasteiger partial charge in [0.15, 0.2) is 0 Å². The van der Waals surface area contributed by atoms with E-state index < -0.39 is 47.7 Å². The second-order valence-electron chi connectivity index (χ2n) is 6.05. The predicted molar refractivity (Wildman–Crippen MR) is 75.9 cm³/mol. The summed E-state index contributed by atoms with van der Waals surface area (Å²) in [5, 5.41) is 11.2. The third kappa shape index (κ3) is 6.05. The SMILES string of the molecule is CC(C)(C)OC(=O)NC(Cc1ccc(F)c(C(F)(F)F)c1)C(=O)O. The van der Waals surface area contributed by atoms with Crippen LogP contribution in [0.3, 0.4) is 0 Å². The van der Waals surface area contributed by atoms with Gasteiger partial charge < -0.3 is 15.2 Å². The first kappa shape index (κ1) is 19.7. The number of carboxylic acids is 1. The summed E-state index contributed by atoms with van der Waals surface area (Å²) in [6, 6.07) is 0.621. The molecule has 0 bridgehead atoms. The summed E-state index contributed by atoms with van der Waals surface area (Å²) in [5.41, 5.74) is -2.46. The summed E-state index contributed by atoms with van der Waals surface area (Å²) in [5.74, 6) is -2.92. The molecule has 1 aromatic carbocycles. The van der Waals surface area contributed by atoms with E-state index in [1.807, 2.05) is 0 Å². The molecular weight excluding hydrogens is 334 g/mol. The van der Waals surface area contributed by atoms with Gasteiger partial charge in [0.05, 0.1) is 5.56 Å². The monoisotopic (exact) mass is 351 g/mol. The molecule has 0 saturated heterocycles. The molecule has 1 rings (SSSR count). The number of ether oxygens (including phenoxy) is 1. The Morgan fingerprint density at radius 3 is 2.29 bits per heavy atom. The highest BCUT2D eigenvalue weighted by molar-refractivity contribution is 5.80. The molecular formula is C15H17F4NO4. The Balaban J connectivity index is 2.94. The fourth-order valence-corrected chi connectivity index (χ4v) is 1.80. The summed E-state index contributed by atoms with van der Waals surface area (Å²) in [7, 11) is 0. The van der Waals surface area contributed by atoms with Crippen LogP contribution in [0.25, 0.3) is 0 Å². The van der Waals surface area contributed by atoms with Gasteiger partial charge in [0, 0.05) is 6.42 Å². The number of carbonyl (C=O) groups is 2. The zero-order chi connectivity index (χ0) is 18.7. The van der Waals surface area contributed by atoms with Crippen molar-refractivity contribution in [2.24, 2.45) is 0 Å². The number of rotatable bonds is 4. The number of amides is 1. The fraction of sp³-hybridized carbons (Fsp3) is 0.467. The van der Waals surface area contributed by atoms with Gasteiger partial charge in [-0.05, 0) is 38.5 Å². The molecule has 0 heterocycles. The van der Waals surface area contributed by atoms with E-state index in [1.165, 1.54) is 0 Å². The van der Waals surface area contributed by atoms with Gasteiger partial charge in [-0.3, -0.25) is 0 Å². The topological polar surface area (TPSA) is 75.6 Å². The van der Waals surface area contributed by atoms with Crippen molar-refractivity contribution in [1.82, 2.24) is 5.32 Å². The minimum atomic E-state index is -4.91. The van der Waals surface area contributed by atoms with Crippen LogP contribution in [0, 0.1) is 5.82 Å². The van der Waals surface area contributed by atoms with E-state index in [9.17, 15) is 27.2 Å². The second kappa shape index (κ2) is 7.06. The second-order valence-corrected chi connectivity index (χ2v) is 6.05. The molecule has 1 unspecified atom stereocenters. The molecule has 134 valence electrons. The summed E-state index contributed by atoms with van der Waals surface area (Å²) in [6.45, 7) is 4.70. The number of carboxylic acid groups (broad SMARTS) is 1. The van der Waals surface area contributed by atoms with E-state index in [0.717, 1.165) is 6.07 Å². The van der Waals surface area contributed by atoms with Crippen LogP contribution in [0.1, 0.15) is 31.9 Å². The minimum Gasteiger partial charge on any atom is -0.480 e. The molecule has 0 fully saturated rings. The Morgan fingerprint density at radius 1 is 1.25 bits per heavy atom. The molecule has 24 heavy (non-hydrogen) atoms.